The zero-order chi connectivity index (χ0) is 18.8. The molecule has 0 heterocycles. The molecule has 0 aliphatic heterocycles. The molecule has 132 valence electrons. The van der Waals surface area contributed by atoms with Gasteiger partial charge in [-0.3, -0.25) is 15.5 Å². The number of hydrazone groups is 1. The minimum absolute atomic E-state index is 0.0708. The summed E-state index contributed by atoms with van der Waals surface area (Å²) in [5, 5.41) is 20.4. The number of nitro groups is 1. The van der Waals surface area contributed by atoms with Gasteiger partial charge in [-0.15, -0.1) is 0 Å². The van der Waals surface area contributed by atoms with E-state index >= 15 is 0 Å². The minimum Gasteiger partial charge on any atom is -0.271 e. The van der Waals surface area contributed by atoms with Crippen LogP contribution in [0.3, 0.4) is 0 Å². The van der Waals surface area contributed by atoms with Crippen LogP contribution in [0.25, 0.3) is 0 Å². The minimum atomic E-state index is -4.03. The third-order valence-electron chi connectivity index (χ3n) is 3.61. The number of nitrogens with zero attached hydrogens (tertiary/aromatic N) is 2. The lowest BCUT2D eigenvalue weighted by Gasteiger charge is -2.08. The Kier molecular flexibility index (Phi) is 5.19. The van der Waals surface area contributed by atoms with Crippen molar-refractivity contribution in [2.45, 2.75) is 25.7 Å². The molecule has 0 saturated carbocycles. The number of nitrogens with two attached hydrogens (primary N) is 1. The number of aryl methyl sites for hydroxylation is 2. The number of nitrogens with one attached hydrogen (secondary N) is 1. The molecule has 0 radical (unpaired) electrons. The van der Waals surface area contributed by atoms with Gasteiger partial charge in [0.05, 0.1) is 15.5 Å². The quantitative estimate of drug-likeness (QED) is 0.480. The van der Waals surface area contributed by atoms with Crippen molar-refractivity contribution in [2.75, 3.05) is 5.43 Å². The van der Waals surface area contributed by atoms with Gasteiger partial charge in [-0.2, -0.15) is 5.10 Å². The Morgan fingerprint density at radius 3 is 2.44 bits per heavy atom. The highest BCUT2D eigenvalue weighted by atomic mass is 32.2. The molecule has 0 fully saturated rings. The molecule has 9 heteroatoms. The van der Waals surface area contributed by atoms with Gasteiger partial charge in [-0.25, -0.2) is 13.6 Å². The van der Waals surface area contributed by atoms with Gasteiger partial charge in [-0.05, 0) is 38.5 Å². The lowest BCUT2D eigenvalue weighted by molar-refractivity contribution is -0.384. The summed E-state index contributed by atoms with van der Waals surface area (Å²) in [6.07, 6.45) is 0. The Bertz CT molecular complexity index is 968. The molecule has 8 nitrogen and oxygen atoms in total. The number of nitro benzene ring substituents is 1. The summed E-state index contributed by atoms with van der Waals surface area (Å²) in [6.45, 7) is 5.71. The monoisotopic (exact) mass is 362 g/mol. The van der Waals surface area contributed by atoms with Crippen molar-refractivity contribution in [3.05, 3.63) is 63.2 Å². The van der Waals surface area contributed by atoms with Crippen molar-refractivity contribution in [3.63, 3.8) is 0 Å². The van der Waals surface area contributed by atoms with Gasteiger partial charge in [0.15, 0.2) is 0 Å². The summed E-state index contributed by atoms with van der Waals surface area (Å²) >= 11 is 0. The average molecular weight is 362 g/mol. The molecule has 0 aliphatic carbocycles. The van der Waals surface area contributed by atoms with Gasteiger partial charge in [0.25, 0.3) is 5.69 Å². The number of hydrogen-bond donors (Lipinski definition) is 2. The Morgan fingerprint density at radius 1 is 1.20 bits per heavy atom. The maximum Gasteiger partial charge on any atom is 0.295 e. The number of rotatable bonds is 5. The molecule has 2 rings (SSSR count). The fraction of sp³-hybridized carbons (Fsp3) is 0.188. The maximum absolute atomic E-state index is 11.3. The Balaban J connectivity index is 2.38. The molecule has 0 unspecified atom stereocenters. The normalized spacial score (nSPS) is 12.1. The molecule has 2 aromatic carbocycles. The van der Waals surface area contributed by atoms with E-state index in [0.29, 0.717) is 5.71 Å². The van der Waals surface area contributed by atoms with Crippen LogP contribution in [0.4, 0.5) is 11.4 Å². The van der Waals surface area contributed by atoms with Gasteiger partial charge in [0.2, 0.25) is 10.0 Å². The Labute approximate surface area is 145 Å². The number of anilines is 1. The van der Waals surface area contributed by atoms with Crippen LogP contribution in [-0.4, -0.2) is 19.1 Å². The summed E-state index contributed by atoms with van der Waals surface area (Å²) in [7, 11) is -4.03. The van der Waals surface area contributed by atoms with Crippen molar-refractivity contribution < 1.29 is 13.3 Å². The van der Waals surface area contributed by atoms with Crippen LogP contribution >= 0.6 is 0 Å². The topological polar surface area (TPSA) is 128 Å². The Morgan fingerprint density at radius 2 is 1.88 bits per heavy atom. The standard InChI is InChI=1S/C16H18N4O4S/c1-10-4-6-14(11(2)8-10)12(3)18-19-15-7-5-13(25(17,23)24)9-16(15)20(21)22/h4-9,19H,1-3H3,(H2,17,23,24)/b18-12-. The van der Waals surface area contributed by atoms with E-state index in [1.807, 2.05) is 32.0 Å². The van der Waals surface area contributed by atoms with Gasteiger partial charge in [-0.1, -0.05) is 23.8 Å². The molecule has 0 spiro atoms. The third-order valence-corrected chi connectivity index (χ3v) is 4.52. The molecule has 0 atom stereocenters. The Hall–Kier alpha value is -2.78. The van der Waals surface area contributed by atoms with Crippen LogP contribution < -0.4 is 10.6 Å². The molecule has 0 aliphatic rings. The van der Waals surface area contributed by atoms with E-state index in [1.54, 1.807) is 6.92 Å². The summed E-state index contributed by atoms with van der Waals surface area (Å²) in [5.41, 5.74) is 5.96. The van der Waals surface area contributed by atoms with Gasteiger partial charge >= 0.3 is 0 Å². The van der Waals surface area contributed by atoms with Gasteiger partial charge in [0, 0.05) is 11.6 Å². The first-order valence-electron chi connectivity index (χ1n) is 7.29. The highest BCUT2D eigenvalue weighted by Crippen LogP contribution is 2.27. The van der Waals surface area contributed by atoms with Crippen LogP contribution in [0.1, 0.15) is 23.6 Å². The fourth-order valence-corrected chi connectivity index (χ4v) is 2.89. The summed E-state index contributed by atoms with van der Waals surface area (Å²) in [6, 6.07) is 9.23. The van der Waals surface area contributed by atoms with Crippen LogP contribution in [0.5, 0.6) is 0 Å². The van der Waals surface area contributed by atoms with Crippen LogP contribution in [0, 0.1) is 24.0 Å². The summed E-state index contributed by atoms with van der Waals surface area (Å²) in [5.74, 6) is 0. The lowest BCUT2D eigenvalue weighted by Crippen LogP contribution is -2.12. The van der Waals surface area contributed by atoms with Crippen molar-refractivity contribution in [1.29, 1.82) is 0 Å². The highest BCUT2D eigenvalue weighted by molar-refractivity contribution is 7.89. The van der Waals surface area contributed by atoms with E-state index in [4.69, 9.17) is 5.14 Å². The van der Waals surface area contributed by atoms with Crippen molar-refractivity contribution in [2.24, 2.45) is 10.2 Å². The van der Waals surface area contributed by atoms with Gasteiger partial charge < -0.3 is 0 Å². The largest absolute Gasteiger partial charge is 0.295 e. The molecule has 0 amide bonds. The molecule has 0 saturated heterocycles. The lowest BCUT2D eigenvalue weighted by atomic mass is 10.0. The smallest absolute Gasteiger partial charge is 0.271 e. The zero-order valence-electron chi connectivity index (χ0n) is 14.0. The first kappa shape index (κ1) is 18.6. The summed E-state index contributed by atoms with van der Waals surface area (Å²) < 4.78 is 22.7. The first-order valence-corrected chi connectivity index (χ1v) is 8.83. The summed E-state index contributed by atoms with van der Waals surface area (Å²) in [4.78, 5) is 10.2. The van der Waals surface area contributed by atoms with E-state index in [0.717, 1.165) is 22.8 Å². The van der Waals surface area contributed by atoms with Crippen LogP contribution in [0.2, 0.25) is 0 Å². The van der Waals surface area contributed by atoms with E-state index in [-0.39, 0.29) is 10.6 Å². The number of benzene rings is 2. The zero-order valence-corrected chi connectivity index (χ0v) is 14.8. The molecule has 3 N–H and O–H groups in total. The molecule has 2 aromatic rings. The van der Waals surface area contributed by atoms with E-state index in [2.05, 4.69) is 10.5 Å². The second-order valence-electron chi connectivity index (χ2n) is 5.61. The first-order chi connectivity index (χ1) is 11.6. The highest BCUT2D eigenvalue weighted by Gasteiger charge is 2.19. The predicted molar refractivity (Wildman–Crippen MR) is 96.2 cm³/mol. The van der Waals surface area contributed by atoms with Crippen molar-refractivity contribution in [3.8, 4) is 0 Å². The average Bonchev–Trinajstić information content (AvgIpc) is 2.51. The second kappa shape index (κ2) is 6.99. The van der Waals surface area contributed by atoms with Crippen molar-refractivity contribution >= 4 is 27.1 Å². The molecule has 0 bridgehead atoms. The van der Waals surface area contributed by atoms with Crippen LogP contribution in [-0.2, 0) is 10.0 Å². The van der Waals surface area contributed by atoms with E-state index in [9.17, 15) is 18.5 Å². The molecular weight excluding hydrogens is 344 g/mol. The van der Waals surface area contributed by atoms with Gasteiger partial charge in [0.1, 0.15) is 5.69 Å². The van der Waals surface area contributed by atoms with Crippen LogP contribution in [0.15, 0.2) is 46.4 Å². The van der Waals surface area contributed by atoms with E-state index in [1.165, 1.54) is 12.1 Å². The maximum atomic E-state index is 11.3. The third kappa shape index (κ3) is 4.40. The molecule has 25 heavy (non-hydrogen) atoms. The van der Waals surface area contributed by atoms with Crippen molar-refractivity contribution in [1.82, 2.24) is 0 Å². The number of sulfonamides is 1. The molecular formula is C16H18N4O4S. The predicted octanol–water partition coefficient (Wildman–Crippen LogP) is 2.70. The van der Waals surface area contributed by atoms with E-state index < -0.39 is 20.6 Å². The fourth-order valence-electron chi connectivity index (χ4n) is 2.36. The second-order valence-corrected chi connectivity index (χ2v) is 7.17. The SMILES string of the molecule is C/C(=N/Nc1ccc(S(N)(=O)=O)cc1[N+](=O)[O-])c1ccc(C)cc1C. The molecule has 0 aromatic heterocycles. The number of hydrogen-bond acceptors (Lipinski definition) is 6. The number of primary sulfonamides is 1.